The average molecular weight is 581 g/mol. The summed E-state index contributed by atoms with van der Waals surface area (Å²) in [4.78, 5) is 12.7. The summed E-state index contributed by atoms with van der Waals surface area (Å²) < 4.78 is 12.2. The van der Waals surface area contributed by atoms with Gasteiger partial charge in [-0.3, -0.25) is 0 Å². The number of carbonyl (C=O) groups is 1. The number of hydrogen-bond donors (Lipinski definition) is 1. The van der Waals surface area contributed by atoms with Crippen LogP contribution in [-0.2, 0) is 4.43 Å². The molecule has 6 heteroatoms. The molecule has 4 nitrogen and oxygen atoms in total. The fourth-order valence-electron chi connectivity index (χ4n) is 7.74. The van der Waals surface area contributed by atoms with E-state index >= 15 is 0 Å². The number of benzene rings is 1. The van der Waals surface area contributed by atoms with Gasteiger partial charge in [0, 0.05) is 18.1 Å². The molecule has 0 saturated heterocycles. The molecule has 2 fully saturated rings. The van der Waals surface area contributed by atoms with E-state index in [2.05, 4.69) is 72.9 Å². The van der Waals surface area contributed by atoms with E-state index in [1.807, 2.05) is 30.3 Å². The van der Waals surface area contributed by atoms with Crippen LogP contribution in [0.5, 0.6) is 5.75 Å². The summed E-state index contributed by atoms with van der Waals surface area (Å²) in [6, 6.07) is 9.32. The van der Waals surface area contributed by atoms with Gasteiger partial charge in [0.15, 0.2) is 14.1 Å². The Hall–Kier alpha value is -1.60. The van der Waals surface area contributed by atoms with E-state index in [1.165, 1.54) is 22.9 Å². The Kier molecular flexibility index (Phi) is 7.68. The van der Waals surface area contributed by atoms with Crippen LogP contribution in [0.25, 0.3) is 0 Å². The molecule has 4 aliphatic carbocycles. The largest absolute Gasteiger partial charge is 0.418 e. The van der Waals surface area contributed by atoms with Gasteiger partial charge in [-0.05, 0) is 97.3 Å². The van der Waals surface area contributed by atoms with Gasteiger partial charge in [-0.1, -0.05) is 87.8 Å². The zero-order chi connectivity index (χ0) is 29.1. The minimum atomic E-state index is -2.09. The SMILES string of the molecule is C[C@H](SC(=O)Oc1ccccc1)C1=CC[C@H]2C3=CC=C4C[C@](O)(O[Si](C)(C)C(C)(C)C)CC[C@]4(C)[C@H]3CC[C@]12C. The Morgan fingerprint density at radius 3 is 2.42 bits per heavy atom. The minimum Gasteiger partial charge on any atom is -0.418 e. The predicted molar refractivity (Wildman–Crippen MR) is 168 cm³/mol. The van der Waals surface area contributed by atoms with E-state index in [1.54, 1.807) is 5.57 Å². The lowest BCUT2D eigenvalue weighted by atomic mass is 9.50. The van der Waals surface area contributed by atoms with Gasteiger partial charge in [-0.15, -0.1) is 0 Å². The molecular formula is C34H48O4SSi. The lowest BCUT2D eigenvalue weighted by molar-refractivity contribution is -0.171. The number of aliphatic hydroxyl groups is 1. The van der Waals surface area contributed by atoms with Crippen LogP contribution in [0.2, 0.25) is 18.1 Å². The summed E-state index contributed by atoms with van der Waals surface area (Å²) >= 11 is 1.30. The number of thioether (sulfide) groups is 1. The lowest BCUT2D eigenvalue weighted by Crippen LogP contribution is -2.54. The van der Waals surface area contributed by atoms with Gasteiger partial charge in [0.25, 0.3) is 0 Å². The highest BCUT2D eigenvalue weighted by molar-refractivity contribution is 8.14. The minimum absolute atomic E-state index is 0.0598. The molecule has 5 rings (SSSR count). The summed E-state index contributed by atoms with van der Waals surface area (Å²) in [5.74, 6) is 0.496. The van der Waals surface area contributed by atoms with Crippen LogP contribution in [0.3, 0.4) is 0 Å². The molecule has 218 valence electrons. The molecule has 0 radical (unpaired) electrons. The summed E-state index contributed by atoms with van der Waals surface area (Å²) in [5, 5.41) is 11.6. The van der Waals surface area contributed by atoms with Crippen molar-refractivity contribution < 1.29 is 19.1 Å². The van der Waals surface area contributed by atoms with Crippen LogP contribution >= 0.6 is 11.8 Å². The first-order chi connectivity index (χ1) is 18.6. The maximum Gasteiger partial charge on any atom is 0.373 e. The Labute approximate surface area is 246 Å². The first-order valence-corrected chi connectivity index (χ1v) is 18.8. The molecule has 40 heavy (non-hydrogen) atoms. The van der Waals surface area contributed by atoms with Gasteiger partial charge in [0.2, 0.25) is 0 Å². The van der Waals surface area contributed by atoms with Crippen LogP contribution in [-0.4, -0.2) is 29.8 Å². The number of carbonyl (C=O) groups excluding carboxylic acids is 1. The molecule has 1 aromatic rings. The van der Waals surface area contributed by atoms with E-state index < -0.39 is 14.1 Å². The highest BCUT2D eigenvalue weighted by Crippen LogP contribution is 2.65. The zero-order valence-electron chi connectivity index (χ0n) is 25.7. The lowest BCUT2D eigenvalue weighted by Gasteiger charge is -2.56. The first kappa shape index (κ1) is 29.9. The molecule has 0 spiro atoms. The fourth-order valence-corrected chi connectivity index (χ4v) is 10.1. The number of allylic oxidation sites excluding steroid dienone is 4. The second-order valence-electron chi connectivity index (χ2n) is 14.6. The molecule has 2 saturated carbocycles. The normalized spacial score (nSPS) is 34.5. The van der Waals surface area contributed by atoms with Crippen molar-refractivity contribution in [2.45, 2.75) is 109 Å². The fraction of sp³-hybridized carbons (Fsp3) is 0.618. The molecular weight excluding hydrogens is 533 g/mol. The Morgan fingerprint density at radius 2 is 1.75 bits per heavy atom. The Bertz CT molecular complexity index is 1240. The summed E-state index contributed by atoms with van der Waals surface area (Å²) in [6.45, 7) is 18.2. The van der Waals surface area contributed by atoms with E-state index in [-0.39, 0.29) is 26.4 Å². The number of ether oxygens (including phenoxy) is 1. The van der Waals surface area contributed by atoms with Crippen molar-refractivity contribution in [1.82, 2.24) is 0 Å². The van der Waals surface area contributed by atoms with Crippen molar-refractivity contribution in [1.29, 1.82) is 0 Å². The van der Waals surface area contributed by atoms with Crippen molar-refractivity contribution in [2.24, 2.45) is 22.7 Å². The van der Waals surface area contributed by atoms with Crippen molar-refractivity contribution >= 4 is 25.4 Å². The zero-order valence-corrected chi connectivity index (χ0v) is 27.5. The first-order valence-electron chi connectivity index (χ1n) is 15.1. The Balaban J connectivity index is 1.32. The van der Waals surface area contributed by atoms with Crippen LogP contribution in [0, 0.1) is 22.7 Å². The number of fused-ring (bicyclic) bond motifs is 5. The standard InChI is InChI=1S/C34H48O4SSi/c1-23(39-30(35)37-25-12-10-9-11-13-25)27-16-17-28-26-15-14-24-22-34(36,38-40(7,8)31(2,3)4)21-20-32(24,5)29(26)18-19-33(27,28)6/h9-16,23,28-29,36H,17-22H2,1-8H3/t23-,28-,29-,32-,33+,34+/m0/s1. The highest BCUT2D eigenvalue weighted by atomic mass is 32.2. The van der Waals surface area contributed by atoms with Crippen LogP contribution in [0.15, 0.2) is 65.3 Å². The van der Waals surface area contributed by atoms with E-state index in [0.29, 0.717) is 30.4 Å². The van der Waals surface area contributed by atoms with E-state index in [0.717, 1.165) is 25.7 Å². The summed E-state index contributed by atoms with van der Waals surface area (Å²) in [6.07, 6.45) is 12.7. The summed E-state index contributed by atoms with van der Waals surface area (Å²) in [5.41, 5.74) is 4.45. The number of hydrogen-bond acceptors (Lipinski definition) is 5. The third-order valence-corrected chi connectivity index (χ3v) is 16.5. The highest BCUT2D eigenvalue weighted by Gasteiger charge is 2.57. The molecule has 0 aromatic heterocycles. The van der Waals surface area contributed by atoms with Crippen molar-refractivity contribution in [3.63, 3.8) is 0 Å². The molecule has 1 N–H and O–H groups in total. The number of rotatable bonds is 5. The topological polar surface area (TPSA) is 55.8 Å². The van der Waals surface area contributed by atoms with Gasteiger partial charge in [0.1, 0.15) is 5.75 Å². The van der Waals surface area contributed by atoms with Crippen LogP contribution in [0.1, 0.15) is 80.1 Å². The molecule has 0 bridgehead atoms. The predicted octanol–water partition coefficient (Wildman–Crippen LogP) is 9.44. The van der Waals surface area contributed by atoms with Crippen molar-refractivity contribution in [2.75, 3.05) is 0 Å². The number of para-hydroxylation sites is 1. The smallest absolute Gasteiger partial charge is 0.373 e. The van der Waals surface area contributed by atoms with Gasteiger partial charge in [0.05, 0.1) is 0 Å². The molecule has 6 atom stereocenters. The molecule has 0 unspecified atom stereocenters. The van der Waals surface area contributed by atoms with Gasteiger partial charge in [-0.25, -0.2) is 4.79 Å². The third kappa shape index (κ3) is 5.23. The quantitative estimate of drug-likeness (QED) is 0.163. The monoisotopic (exact) mass is 580 g/mol. The molecule has 0 amide bonds. The third-order valence-electron chi connectivity index (χ3n) is 11.1. The van der Waals surface area contributed by atoms with Crippen LogP contribution in [0.4, 0.5) is 4.79 Å². The maximum absolute atomic E-state index is 12.7. The second-order valence-corrected chi connectivity index (χ2v) is 20.6. The van der Waals surface area contributed by atoms with Crippen LogP contribution < -0.4 is 4.74 Å². The van der Waals surface area contributed by atoms with Gasteiger partial charge in [-0.2, -0.15) is 0 Å². The van der Waals surface area contributed by atoms with Gasteiger partial charge < -0.3 is 14.3 Å². The van der Waals surface area contributed by atoms with Crippen molar-refractivity contribution in [3.8, 4) is 5.75 Å². The second kappa shape index (κ2) is 10.3. The molecule has 4 aliphatic rings. The molecule has 1 aromatic carbocycles. The van der Waals surface area contributed by atoms with Crippen molar-refractivity contribution in [3.05, 3.63) is 65.3 Å². The van der Waals surface area contributed by atoms with E-state index in [4.69, 9.17) is 9.16 Å². The summed E-state index contributed by atoms with van der Waals surface area (Å²) in [7, 11) is -2.09. The maximum atomic E-state index is 12.7. The molecule has 0 heterocycles. The van der Waals surface area contributed by atoms with Gasteiger partial charge >= 0.3 is 5.30 Å². The Morgan fingerprint density at radius 1 is 1.05 bits per heavy atom. The average Bonchev–Trinajstić information content (AvgIpc) is 3.21. The molecule has 0 aliphatic heterocycles. The van der Waals surface area contributed by atoms with E-state index in [9.17, 15) is 9.90 Å².